The second kappa shape index (κ2) is 7.01. The van der Waals surface area contributed by atoms with Crippen molar-refractivity contribution < 1.29 is 9.53 Å². The van der Waals surface area contributed by atoms with Gasteiger partial charge in [0.05, 0.1) is 6.61 Å². The average molecular weight is 250 g/mol. The van der Waals surface area contributed by atoms with E-state index in [2.05, 4.69) is 24.5 Å². The Labute approximate surface area is 109 Å². The molecule has 4 nitrogen and oxygen atoms in total. The van der Waals surface area contributed by atoms with E-state index in [9.17, 15) is 4.79 Å². The molecule has 1 atom stereocenters. The summed E-state index contributed by atoms with van der Waals surface area (Å²) >= 11 is 0. The van der Waals surface area contributed by atoms with Crippen LogP contribution >= 0.6 is 0 Å². The summed E-state index contributed by atoms with van der Waals surface area (Å²) in [5.41, 5.74) is 1.81. The molecule has 0 radical (unpaired) electrons. The molecule has 0 aromatic heterocycles. The smallest absolute Gasteiger partial charge is 0.319 e. The molecule has 0 spiro atoms. The zero-order valence-electron chi connectivity index (χ0n) is 11.5. The van der Waals surface area contributed by atoms with Crippen LogP contribution in [0.5, 0.6) is 0 Å². The molecule has 0 saturated carbocycles. The number of nitrogens with one attached hydrogen (secondary N) is 2. The summed E-state index contributed by atoms with van der Waals surface area (Å²) in [6.07, 6.45) is 0. The lowest BCUT2D eigenvalue weighted by Crippen LogP contribution is -2.39. The maximum Gasteiger partial charge on any atom is 0.319 e. The number of carbonyl (C=O) groups excluding carboxylic acids is 1. The van der Waals surface area contributed by atoms with E-state index in [1.165, 1.54) is 0 Å². The minimum absolute atomic E-state index is 0.146. The molecule has 1 aromatic carbocycles. The van der Waals surface area contributed by atoms with E-state index in [1.54, 1.807) is 7.11 Å². The van der Waals surface area contributed by atoms with Gasteiger partial charge in [-0.3, -0.25) is 0 Å². The normalized spacial score (nSPS) is 12.3. The molecule has 100 valence electrons. The summed E-state index contributed by atoms with van der Waals surface area (Å²) in [6, 6.07) is 7.60. The molecule has 0 unspecified atom stereocenters. The van der Waals surface area contributed by atoms with Gasteiger partial charge in [-0.15, -0.1) is 0 Å². The fourth-order valence-corrected chi connectivity index (χ4v) is 1.45. The Kier molecular flexibility index (Phi) is 5.65. The van der Waals surface area contributed by atoms with Crippen molar-refractivity contribution in [3.63, 3.8) is 0 Å². The zero-order chi connectivity index (χ0) is 13.5. The average Bonchev–Trinajstić information content (AvgIpc) is 2.29. The van der Waals surface area contributed by atoms with E-state index < -0.39 is 0 Å². The highest BCUT2D eigenvalue weighted by molar-refractivity contribution is 5.89. The molecule has 1 aromatic rings. The third-order valence-corrected chi connectivity index (χ3v) is 2.85. The van der Waals surface area contributed by atoms with Crippen LogP contribution in [0.2, 0.25) is 0 Å². The second-order valence-electron chi connectivity index (χ2n) is 4.76. The van der Waals surface area contributed by atoms with Crippen LogP contribution in [0.1, 0.15) is 26.3 Å². The van der Waals surface area contributed by atoms with E-state index in [0.717, 1.165) is 11.3 Å². The van der Waals surface area contributed by atoms with Gasteiger partial charge in [0.2, 0.25) is 0 Å². The van der Waals surface area contributed by atoms with Gasteiger partial charge in [0.25, 0.3) is 0 Å². The summed E-state index contributed by atoms with van der Waals surface area (Å²) in [6.45, 7) is 6.68. The standard InChI is InChI=1S/C14H22N2O2/c1-10(2)11(3)15-14(17)16-13-7-5-6-12(8-13)9-18-4/h5-8,10-11H,9H2,1-4H3,(H2,15,16,17)/t11-/m0/s1. The molecule has 0 aliphatic heterocycles. The van der Waals surface area contributed by atoms with Gasteiger partial charge < -0.3 is 15.4 Å². The highest BCUT2D eigenvalue weighted by atomic mass is 16.5. The van der Waals surface area contributed by atoms with Crippen molar-refractivity contribution in [3.8, 4) is 0 Å². The van der Waals surface area contributed by atoms with Gasteiger partial charge in [-0.1, -0.05) is 26.0 Å². The molecular weight excluding hydrogens is 228 g/mol. The number of anilines is 1. The number of rotatable bonds is 5. The van der Waals surface area contributed by atoms with Crippen molar-refractivity contribution >= 4 is 11.7 Å². The quantitative estimate of drug-likeness (QED) is 0.844. The molecule has 1 rings (SSSR count). The number of ether oxygens (including phenoxy) is 1. The molecule has 2 N–H and O–H groups in total. The lowest BCUT2D eigenvalue weighted by Gasteiger charge is -2.18. The van der Waals surface area contributed by atoms with Crippen molar-refractivity contribution in [1.29, 1.82) is 0 Å². The van der Waals surface area contributed by atoms with Crippen molar-refractivity contribution in [1.82, 2.24) is 5.32 Å². The second-order valence-corrected chi connectivity index (χ2v) is 4.76. The van der Waals surface area contributed by atoms with Crippen molar-refractivity contribution in [2.45, 2.75) is 33.4 Å². The number of hydrogen-bond donors (Lipinski definition) is 2. The molecule has 2 amide bonds. The predicted octanol–water partition coefficient (Wildman–Crippen LogP) is 3.00. The van der Waals surface area contributed by atoms with Gasteiger partial charge in [-0.2, -0.15) is 0 Å². The Balaban J connectivity index is 2.56. The molecule has 0 aliphatic rings. The molecule has 0 bridgehead atoms. The van der Waals surface area contributed by atoms with Crippen LogP contribution in [0.25, 0.3) is 0 Å². The van der Waals surface area contributed by atoms with Gasteiger partial charge in [0.15, 0.2) is 0 Å². The van der Waals surface area contributed by atoms with Gasteiger partial charge >= 0.3 is 6.03 Å². The third kappa shape index (κ3) is 4.75. The molecule has 0 aliphatic carbocycles. The topological polar surface area (TPSA) is 50.4 Å². The first-order valence-corrected chi connectivity index (χ1v) is 6.18. The lowest BCUT2D eigenvalue weighted by atomic mass is 10.1. The van der Waals surface area contributed by atoms with Crippen LogP contribution in [0.3, 0.4) is 0 Å². The van der Waals surface area contributed by atoms with Crippen LogP contribution in [-0.4, -0.2) is 19.2 Å². The molecular formula is C14H22N2O2. The summed E-state index contributed by atoms with van der Waals surface area (Å²) in [7, 11) is 1.65. The maximum absolute atomic E-state index is 11.7. The zero-order valence-corrected chi connectivity index (χ0v) is 11.5. The van der Waals surface area contributed by atoms with Crippen LogP contribution < -0.4 is 10.6 Å². The summed E-state index contributed by atoms with van der Waals surface area (Å²) < 4.78 is 5.06. The molecule has 4 heteroatoms. The summed E-state index contributed by atoms with van der Waals surface area (Å²) in [4.78, 5) is 11.7. The Morgan fingerprint density at radius 3 is 2.67 bits per heavy atom. The van der Waals surface area contributed by atoms with E-state index in [-0.39, 0.29) is 12.1 Å². The predicted molar refractivity (Wildman–Crippen MR) is 73.6 cm³/mol. The van der Waals surface area contributed by atoms with Crippen LogP contribution in [-0.2, 0) is 11.3 Å². The summed E-state index contributed by atoms with van der Waals surface area (Å²) in [5.74, 6) is 0.413. The SMILES string of the molecule is COCc1cccc(NC(=O)N[C@@H](C)C(C)C)c1. The first-order valence-electron chi connectivity index (χ1n) is 6.18. The van der Waals surface area contributed by atoms with Crippen LogP contribution in [0.4, 0.5) is 10.5 Å². The Morgan fingerprint density at radius 1 is 1.33 bits per heavy atom. The van der Waals surface area contributed by atoms with E-state index >= 15 is 0 Å². The van der Waals surface area contributed by atoms with Crippen molar-refractivity contribution in [2.24, 2.45) is 5.92 Å². The van der Waals surface area contributed by atoms with Gasteiger partial charge in [-0.25, -0.2) is 4.79 Å². The van der Waals surface area contributed by atoms with Gasteiger partial charge in [0.1, 0.15) is 0 Å². The first kappa shape index (κ1) is 14.5. The van der Waals surface area contributed by atoms with E-state index in [1.807, 2.05) is 31.2 Å². The number of methoxy groups -OCH3 is 1. The number of benzene rings is 1. The van der Waals surface area contributed by atoms with Gasteiger partial charge in [0, 0.05) is 18.8 Å². The van der Waals surface area contributed by atoms with Crippen molar-refractivity contribution in [3.05, 3.63) is 29.8 Å². The van der Waals surface area contributed by atoms with E-state index in [0.29, 0.717) is 12.5 Å². The third-order valence-electron chi connectivity index (χ3n) is 2.85. The van der Waals surface area contributed by atoms with Crippen LogP contribution in [0.15, 0.2) is 24.3 Å². The monoisotopic (exact) mass is 250 g/mol. The largest absolute Gasteiger partial charge is 0.380 e. The maximum atomic E-state index is 11.7. The Morgan fingerprint density at radius 2 is 2.06 bits per heavy atom. The molecule has 0 heterocycles. The molecule has 18 heavy (non-hydrogen) atoms. The lowest BCUT2D eigenvalue weighted by molar-refractivity contribution is 0.185. The first-order chi connectivity index (χ1) is 8.52. The minimum Gasteiger partial charge on any atom is -0.380 e. The molecule has 0 saturated heterocycles. The Hall–Kier alpha value is -1.55. The fraction of sp³-hybridized carbons (Fsp3) is 0.500. The Bertz CT molecular complexity index is 391. The van der Waals surface area contributed by atoms with Gasteiger partial charge in [-0.05, 0) is 30.5 Å². The van der Waals surface area contributed by atoms with E-state index in [4.69, 9.17) is 4.74 Å². The molecule has 0 fully saturated rings. The minimum atomic E-state index is -0.175. The number of hydrogen-bond acceptors (Lipinski definition) is 2. The van der Waals surface area contributed by atoms with Crippen LogP contribution in [0, 0.1) is 5.92 Å². The van der Waals surface area contributed by atoms with Crippen molar-refractivity contribution in [2.75, 3.05) is 12.4 Å². The summed E-state index contributed by atoms with van der Waals surface area (Å²) in [5, 5.41) is 5.72. The highest BCUT2D eigenvalue weighted by Gasteiger charge is 2.10. The number of urea groups is 1. The highest BCUT2D eigenvalue weighted by Crippen LogP contribution is 2.11. The number of amides is 2. The fourth-order valence-electron chi connectivity index (χ4n) is 1.45. The number of carbonyl (C=O) groups is 1.